The first kappa shape index (κ1) is 12.3. The molecule has 0 bridgehead atoms. The van der Waals surface area contributed by atoms with Gasteiger partial charge in [0.2, 0.25) is 0 Å². The van der Waals surface area contributed by atoms with Crippen LogP contribution >= 0.6 is 0 Å². The molecule has 88 valence electrons. The lowest BCUT2D eigenvalue weighted by molar-refractivity contribution is -0.148. The first-order valence-corrected chi connectivity index (χ1v) is 5.15. The third kappa shape index (κ3) is 2.42. The number of urea groups is 1. The number of nitriles is 1. The first-order valence-electron chi connectivity index (χ1n) is 5.15. The van der Waals surface area contributed by atoms with E-state index in [2.05, 4.69) is 5.32 Å². The van der Waals surface area contributed by atoms with Crippen molar-refractivity contribution in [3.8, 4) is 6.07 Å². The van der Waals surface area contributed by atoms with Crippen molar-refractivity contribution in [3.05, 3.63) is 0 Å². The Balaban J connectivity index is 2.50. The van der Waals surface area contributed by atoms with Gasteiger partial charge >= 0.3 is 12.0 Å². The van der Waals surface area contributed by atoms with Crippen LogP contribution < -0.4 is 5.32 Å². The number of nitrogens with one attached hydrogen (secondary N) is 1. The van der Waals surface area contributed by atoms with Gasteiger partial charge in [0.15, 0.2) is 0 Å². The standard InChI is InChI=1S/C10H15N3O3/c1-13(7-3-6-11)9(16)12-10(8(14)15)4-2-5-10/h2-5,7H2,1H3,(H,12,16)(H,14,15). The molecule has 0 aromatic heterocycles. The average molecular weight is 225 g/mol. The fraction of sp³-hybridized carbons (Fsp3) is 0.700. The number of amides is 2. The molecule has 0 atom stereocenters. The lowest BCUT2D eigenvalue weighted by Crippen LogP contribution is -2.61. The number of carboxylic acids is 1. The summed E-state index contributed by atoms with van der Waals surface area (Å²) in [6, 6.07) is 1.50. The lowest BCUT2D eigenvalue weighted by atomic mass is 9.77. The van der Waals surface area contributed by atoms with Crippen LogP contribution in [0.5, 0.6) is 0 Å². The molecule has 1 aliphatic rings. The van der Waals surface area contributed by atoms with Gasteiger partial charge in [0.25, 0.3) is 0 Å². The molecule has 0 aromatic rings. The third-order valence-electron chi connectivity index (χ3n) is 2.87. The van der Waals surface area contributed by atoms with E-state index < -0.39 is 17.5 Å². The number of aliphatic carboxylic acids is 1. The van der Waals surface area contributed by atoms with E-state index in [4.69, 9.17) is 10.4 Å². The zero-order chi connectivity index (χ0) is 12.2. The number of hydrogen-bond donors (Lipinski definition) is 2. The number of carboxylic acid groups (broad SMARTS) is 1. The quantitative estimate of drug-likeness (QED) is 0.730. The Morgan fingerprint density at radius 3 is 2.56 bits per heavy atom. The maximum absolute atomic E-state index is 11.6. The molecule has 0 aliphatic heterocycles. The molecule has 0 saturated heterocycles. The van der Waals surface area contributed by atoms with Crippen molar-refractivity contribution in [2.24, 2.45) is 0 Å². The largest absolute Gasteiger partial charge is 0.480 e. The van der Waals surface area contributed by atoms with Crippen molar-refractivity contribution in [2.75, 3.05) is 13.6 Å². The smallest absolute Gasteiger partial charge is 0.329 e. The summed E-state index contributed by atoms with van der Waals surface area (Å²) in [5, 5.41) is 19.9. The van der Waals surface area contributed by atoms with Crippen LogP contribution in [0.25, 0.3) is 0 Å². The maximum Gasteiger partial charge on any atom is 0.329 e. The molecule has 0 heterocycles. The van der Waals surface area contributed by atoms with Gasteiger partial charge in [-0.25, -0.2) is 9.59 Å². The number of carbonyl (C=O) groups excluding carboxylic acids is 1. The fourth-order valence-electron chi connectivity index (χ4n) is 1.54. The minimum absolute atomic E-state index is 0.240. The second-order valence-corrected chi connectivity index (χ2v) is 4.00. The van der Waals surface area contributed by atoms with Crippen molar-refractivity contribution in [1.29, 1.82) is 5.26 Å². The van der Waals surface area contributed by atoms with E-state index in [-0.39, 0.29) is 6.42 Å². The molecule has 6 heteroatoms. The van der Waals surface area contributed by atoms with Gasteiger partial charge in [0, 0.05) is 13.6 Å². The van der Waals surface area contributed by atoms with Crippen LogP contribution in [0.3, 0.4) is 0 Å². The molecular formula is C10H15N3O3. The van der Waals surface area contributed by atoms with Crippen LogP contribution in [0.15, 0.2) is 0 Å². The first-order chi connectivity index (χ1) is 7.52. The molecule has 6 nitrogen and oxygen atoms in total. The summed E-state index contributed by atoms with van der Waals surface area (Å²) in [4.78, 5) is 23.9. The second kappa shape index (κ2) is 4.84. The Morgan fingerprint density at radius 2 is 2.19 bits per heavy atom. The van der Waals surface area contributed by atoms with Gasteiger partial charge in [-0.1, -0.05) is 0 Å². The van der Waals surface area contributed by atoms with Gasteiger partial charge in [-0.3, -0.25) is 0 Å². The number of hydrogen-bond acceptors (Lipinski definition) is 3. The van der Waals surface area contributed by atoms with E-state index in [9.17, 15) is 9.59 Å². The van der Waals surface area contributed by atoms with Gasteiger partial charge in [0.1, 0.15) is 5.54 Å². The predicted molar refractivity (Wildman–Crippen MR) is 55.6 cm³/mol. The molecule has 1 rings (SSSR count). The molecule has 0 radical (unpaired) electrons. The molecule has 2 amide bonds. The maximum atomic E-state index is 11.6. The topological polar surface area (TPSA) is 93.4 Å². The summed E-state index contributed by atoms with van der Waals surface area (Å²) in [6.45, 7) is 0.304. The van der Waals surface area contributed by atoms with Crippen molar-refractivity contribution >= 4 is 12.0 Å². The number of rotatable bonds is 4. The molecule has 1 fully saturated rings. The highest BCUT2D eigenvalue weighted by Gasteiger charge is 2.46. The summed E-state index contributed by atoms with van der Waals surface area (Å²) < 4.78 is 0. The molecule has 0 aromatic carbocycles. The summed E-state index contributed by atoms with van der Waals surface area (Å²) in [5.41, 5.74) is -1.09. The number of nitrogens with zero attached hydrogens (tertiary/aromatic N) is 2. The Labute approximate surface area is 93.8 Å². The summed E-state index contributed by atoms with van der Waals surface area (Å²) in [5.74, 6) is -0.985. The van der Waals surface area contributed by atoms with Crippen molar-refractivity contribution < 1.29 is 14.7 Å². The van der Waals surface area contributed by atoms with E-state index in [1.165, 1.54) is 4.90 Å². The van der Waals surface area contributed by atoms with Gasteiger partial charge < -0.3 is 15.3 Å². The zero-order valence-corrected chi connectivity index (χ0v) is 9.19. The Hall–Kier alpha value is -1.77. The Morgan fingerprint density at radius 1 is 1.56 bits per heavy atom. The number of carbonyl (C=O) groups is 2. The highest BCUT2D eigenvalue weighted by Crippen LogP contribution is 2.32. The van der Waals surface area contributed by atoms with Crippen molar-refractivity contribution in [1.82, 2.24) is 10.2 Å². The molecule has 0 unspecified atom stereocenters. The highest BCUT2D eigenvalue weighted by atomic mass is 16.4. The molecule has 16 heavy (non-hydrogen) atoms. The van der Waals surface area contributed by atoms with Crippen LogP contribution in [-0.4, -0.2) is 41.1 Å². The molecule has 0 spiro atoms. The summed E-state index contributed by atoms with van der Waals surface area (Å²) >= 11 is 0. The molecule has 1 aliphatic carbocycles. The van der Waals surface area contributed by atoms with Gasteiger partial charge in [-0.05, 0) is 19.3 Å². The zero-order valence-electron chi connectivity index (χ0n) is 9.19. The minimum atomic E-state index is -1.09. The van der Waals surface area contributed by atoms with Crippen molar-refractivity contribution in [2.45, 2.75) is 31.2 Å². The average Bonchev–Trinajstić information content (AvgIpc) is 2.18. The molecular weight excluding hydrogens is 210 g/mol. The van der Waals surface area contributed by atoms with Crippen LogP contribution in [0.2, 0.25) is 0 Å². The van der Waals surface area contributed by atoms with Crippen LogP contribution in [-0.2, 0) is 4.79 Å². The van der Waals surface area contributed by atoms with Crippen LogP contribution in [0, 0.1) is 11.3 Å². The van der Waals surface area contributed by atoms with Crippen LogP contribution in [0.4, 0.5) is 4.79 Å². The monoisotopic (exact) mass is 225 g/mol. The predicted octanol–water partition coefficient (Wildman–Crippen LogP) is 0.549. The minimum Gasteiger partial charge on any atom is -0.480 e. The third-order valence-corrected chi connectivity index (χ3v) is 2.87. The van der Waals surface area contributed by atoms with Gasteiger partial charge in [0.05, 0.1) is 12.5 Å². The van der Waals surface area contributed by atoms with E-state index in [1.54, 1.807) is 7.05 Å². The fourth-order valence-corrected chi connectivity index (χ4v) is 1.54. The Bertz CT molecular complexity index is 331. The van der Waals surface area contributed by atoms with E-state index in [0.717, 1.165) is 6.42 Å². The van der Waals surface area contributed by atoms with E-state index in [0.29, 0.717) is 19.4 Å². The van der Waals surface area contributed by atoms with Crippen molar-refractivity contribution in [3.63, 3.8) is 0 Å². The molecule has 2 N–H and O–H groups in total. The Kier molecular flexibility index (Phi) is 3.72. The summed E-state index contributed by atoms with van der Waals surface area (Å²) in [7, 11) is 1.54. The normalized spacial score (nSPS) is 16.8. The summed E-state index contributed by atoms with van der Waals surface area (Å²) in [6.07, 6.45) is 2.00. The van der Waals surface area contributed by atoms with E-state index in [1.807, 2.05) is 6.07 Å². The lowest BCUT2D eigenvalue weighted by Gasteiger charge is -2.39. The highest BCUT2D eigenvalue weighted by molar-refractivity contribution is 5.87. The van der Waals surface area contributed by atoms with E-state index >= 15 is 0 Å². The van der Waals surface area contributed by atoms with Crippen LogP contribution in [0.1, 0.15) is 25.7 Å². The molecule has 1 saturated carbocycles. The van der Waals surface area contributed by atoms with Gasteiger partial charge in [-0.15, -0.1) is 0 Å². The van der Waals surface area contributed by atoms with Gasteiger partial charge in [-0.2, -0.15) is 5.26 Å². The SMILES string of the molecule is CN(CCC#N)C(=O)NC1(C(=O)O)CCC1. The second-order valence-electron chi connectivity index (χ2n) is 4.00.